The number of benzene rings is 1. The van der Waals surface area contributed by atoms with Crippen molar-refractivity contribution < 1.29 is 0 Å². The van der Waals surface area contributed by atoms with Crippen LogP contribution in [0.2, 0.25) is 0 Å². The number of anilines is 3. The smallest absolute Gasteiger partial charge is 0.229 e. The molecule has 1 saturated heterocycles. The van der Waals surface area contributed by atoms with E-state index in [2.05, 4.69) is 57.1 Å². The summed E-state index contributed by atoms with van der Waals surface area (Å²) >= 11 is 0. The Kier molecular flexibility index (Phi) is 6.16. The lowest BCUT2D eigenvalue weighted by molar-refractivity contribution is 0.389. The normalized spacial score (nSPS) is 14.1. The highest BCUT2D eigenvalue weighted by Gasteiger charge is 2.15. The molecule has 0 radical (unpaired) electrons. The average molecular weight is 400 g/mol. The van der Waals surface area contributed by atoms with E-state index in [1.807, 2.05) is 12.3 Å². The van der Waals surface area contributed by atoms with E-state index in [4.69, 9.17) is 10.2 Å². The van der Waals surface area contributed by atoms with E-state index >= 15 is 0 Å². The number of nitrogens with zero attached hydrogens (tertiary/aromatic N) is 4. The molecular weight excluding hydrogens is 374 g/mol. The van der Waals surface area contributed by atoms with Crippen molar-refractivity contribution in [2.75, 3.05) is 30.3 Å². The predicted octanol–water partition coefficient (Wildman–Crippen LogP) is 3.87. The molecule has 1 aliphatic heterocycles. The topological polar surface area (TPSA) is 98.6 Å². The minimum absolute atomic E-state index is 0.376. The molecule has 7 heteroatoms. The van der Waals surface area contributed by atoms with Gasteiger partial charge in [0.1, 0.15) is 17.6 Å². The lowest BCUT2D eigenvalue weighted by Gasteiger charge is -2.23. The lowest BCUT2D eigenvalue weighted by Crippen LogP contribution is -2.31. The summed E-state index contributed by atoms with van der Waals surface area (Å²) in [6, 6.07) is 13.8. The van der Waals surface area contributed by atoms with Crippen LogP contribution in [0, 0.1) is 24.2 Å². The quantitative estimate of drug-likeness (QED) is 0.579. The van der Waals surface area contributed by atoms with Crippen LogP contribution in [0.3, 0.4) is 0 Å². The lowest BCUT2D eigenvalue weighted by atomic mass is 9.98. The number of rotatable bonds is 6. The van der Waals surface area contributed by atoms with Crippen LogP contribution in [0.15, 0.2) is 48.8 Å². The molecule has 0 unspecified atom stereocenters. The minimum Gasteiger partial charge on any atom is -0.369 e. The van der Waals surface area contributed by atoms with Gasteiger partial charge in [0, 0.05) is 18.3 Å². The summed E-state index contributed by atoms with van der Waals surface area (Å²) in [7, 11) is 0. The standard InChI is InChI=1S/C23H25N7/c1-16-3-2-4-18(11-16)21-15-28-23(29-20-6-5-19(12-24)26-14-20)30-22(21)27-13-17-7-9-25-10-8-17/h2-6,11,14-15,17,25H,7-10,13H2,1H3,(H2,27,28,29,30). The minimum atomic E-state index is 0.376. The highest BCUT2D eigenvalue weighted by molar-refractivity contribution is 5.76. The first-order chi connectivity index (χ1) is 14.7. The van der Waals surface area contributed by atoms with Crippen LogP contribution in [0.25, 0.3) is 11.1 Å². The van der Waals surface area contributed by atoms with Gasteiger partial charge in [-0.3, -0.25) is 0 Å². The van der Waals surface area contributed by atoms with Gasteiger partial charge < -0.3 is 16.0 Å². The van der Waals surface area contributed by atoms with E-state index in [1.165, 1.54) is 18.4 Å². The Balaban J connectivity index is 1.59. The van der Waals surface area contributed by atoms with E-state index < -0.39 is 0 Å². The Labute approximate surface area is 176 Å². The summed E-state index contributed by atoms with van der Waals surface area (Å²) in [5, 5.41) is 19.1. The summed E-state index contributed by atoms with van der Waals surface area (Å²) in [5.74, 6) is 1.94. The third kappa shape index (κ3) is 4.91. The molecule has 0 aliphatic carbocycles. The van der Waals surface area contributed by atoms with Crippen molar-refractivity contribution in [1.29, 1.82) is 5.26 Å². The van der Waals surface area contributed by atoms with Crippen molar-refractivity contribution in [2.24, 2.45) is 5.92 Å². The molecule has 4 rings (SSSR count). The van der Waals surface area contributed by atoms with Crippen molar-refractivity contribution in [3.05, 3.63) is 60.0 Å². The molecule has 1 aliphatic rings. The Morgan fingerprint density at radius 1 is 1.13 bits per heavy atom. The number of piperidine rings is 1. The van der Waals surface area contributed by atoms with E-state index in [1.54, 1.807) is 18.3 Å². The van der Waals surface area contributed by atoms with Gasteiger partial charge in [0.2, 0.25) is 5.95 Å². The summed E-state index contributed by atoms with van der Waals surface area (Å²) in [6.07, 6.45) is 5.80. The Bertz CT molecular complexity index is 1030. The molecule has 3 N–H and O–H groups in total. The molecule has 1 fully saturated rings. The van der Waals surface area contributed by atoms with Crippen LogP contribution in [-0.2, 0) is 0 Å². The predicted molar refractivity (Wildman–Crippen MR) is 119 cm³/mol. The molecule has 0 amide bonds. The number of aromatic nitrogens is 3. The van der Waals surface area contributed by atoms with E-state index in [9.17, 15) is 0 Å². The Morgan fingerprint density at radius 2 is 2.00 bits per heavy atom. The van der Waals surface area contributed by atoms with Crippen molar-refractivity contribution >= 4 is 17.5 Å². The zero-order chi connectivity index (χ0) is 20.8. The fourth-order valence-electron chi connectivity index (χ4n) is 3.59. The van der Waals surface area contributed by atoms with Gasteiger partial charge in [0.25, 0.3) is 0 Å². The van der Waals surface area contributed by atoms with Gasteiger partial charge in [-0.2, -0.15) is 10.2 Å². The van der Waals surface area contributed by atoms with Crippen molar-refractivity contribution in [3.8, 4) is 17.2 Å². The maximum absolute atomic E-state index is 8.91. The van der Waals surface area contributed by atoms with E-state index in [0.717, 1.165) is 42.3 Å². The first-order valence-electron chi connectivity index (χ1n) is 10.2. The van der Waals surface area contributed by atoms with Gasteiger partial charge in [-0.15, -0.1) is 0 Å². The number of pyridine rings is 1. The van der Waals surface area contributed by atoms with Gasteiger partial charge in [0.05, 0.1) is 11.9 Å². The fourth-order valence-corrected chi connectivity index (χ4v) is 3.59. The van der Waals surface area contributed by atoms with E-state index in [-0.39, 0.29) is 0 Å². The van der Waals surface area contributed by atoms with Gasteiger partial charge in [-0.1, -0.05) is 29.8 Å². The maximum Gasteiger partial charge on any atom is 0.229 e. The maximum atomic E-state index is 8.91. The van der Waals surface area contributed by atoms with Gasteiger partial charge in [-0.25, -0.2) is 9.97 Å². The fraction of sp³-hybridized carbons (Fsp3) is 0.304. The van der Waals surface area contributed by atoms with Crippen molar-refractivity contribution in [1.82, 2.24) is 20.3 Å². The summed E-state index contributed by atoms with van der Waals surface area (Å²) in [6.45, 7) is 5.11. The second-order valence-corrected chi connectivity index (χ2v) is 7.57. The molecule has 3 heterocycles. The molecule has 152 valence electrons. The number of aryl methyl sites for hydroxylation is 1. The average Bonchev–Trinajstić information content (AvgIpc) is 2.79. The number of hydrogen-bond acceptors (Lipinski definition) is 7. The zero-order valence-electron chi connectivity index (χ0n) is 17.0. The largest absolute Gasteiger partial charge is 0.369 e. The highest BCUT2D eigenvalue weighted by Crippen LogP contribution is 2.28. The third-order valence-electron chi connectivity index (χ3n) is 5.27. The molecule has 0 saturated carbocycles. The van der Waals surface area contributed by atoms with Crippen LogP contribution in [0.1, 0.15) is 24.1 Å². The molecule has 0 bridgehead atoms. The second-order valence-electron chi connectivity index (χ2n) is 7.57. The molecular formula is C23H25N7. The molecule has 30 heavy (non-hydrogen) atoms. The molecule has 2 aromatic heterocycles. The van der Waals surface area contributed by atoms with Crippen molar-refractivity contribution in [3.63, 3.8) is 0 Å². The van der Waals surface area contributed by atoms with Crippen LogP contribution in [0.5, 0.6) is 0 Å². The van der Waals surface area contributed by atoms with Gasteiger partial charge in [0.15, 0.2) is 0 Å². The van der Waals surface area contributed by atoms with Gasteiger partial charge >= 0.3 is 0 Å². The highest BCUT2D eigenvalue weighted by atomic mass is 15.1. The van der Waals surface area contributed by atoms with Crippen LogP contribution in [0.4, 0.5) is 17.5 Å². The van der Waals surface area contributed by atoms with Crippen molar-refractivity contribution in [2.45, 2.75) is 19.8 Å². The molecule has 0 spiro atoms. The molecule has 3 aromatic rings. The summed E-state index contributed by atoms with van der Waals surface area (Å²) < 4.78 is 0. The molecule has 7 nitrogen and oxygen atoms in total. The number of hydrogen-bond donors (Lipinski definition) is 3. The van der Waals surface area contributed by atoms with Gasteiger partial charge in [-0.05, 0) is 56.5 Å². The molecule has 0 atom stereocenters. The summed E-state index contributed by atoms with van der Waals surface area (Å²) in [4.78, 5) is 13.4. The zero-order valence-corrected chi connectivity index (χ0v) is 17.0. The SMILES string of the molecule is Cc1cccc(-c2cnc(Nc3ccc(C#N)nc3)nc2NCC2CCNCC2)c1. The Morgan fingerprint density at radius 3 is 2.73 bits per heavy atom. The third-order valence-corrected chi connectivity index (χ3v) is 5.27. The van der Waals surface area contributed by atoms with Crippen LogP contribution >= 0.6 is 0 Å². The monoisotopic (exact) mass is 399 g/mol. The first-order valence-corrected chi connectivity index (χ1v) is 10.2. The van der Waals surface area contributed by atoms with Crippen LogP contribution < -0.4 is 16.0 Å². The number of nitriles is 1. The Hall–Kier alpha value is -3.50. The van der Waals surface area contributed by atoms with Crippen LogP contribution in [-0.4, -0.2) is 34.6 Å². The first kappa shape index (κ1) is 19.8. The second kappa shape index (κ2) is 9.33. The number of nitrogens with one attached hydrogen (secondary N) is 3. The summed E-state index contributed by atoms with van der Waals surface area (Å²) in [5.41, 5.74) is 4.38. The van der Waals surface area contributed by atoms with E-state index in [0.29, 0.717) is 17.6 Å². The molecule has 1 aromatic carbocycles.